The van der Waals surface area contributed by atoms with Gasteiger partial charge in [-0.3, -0.25) is 0 Å². The first kappa shape index (κ1) is 13.4. The van der Waals surface area contributed by atoms with E-state index in [1.54, 1.807) is 11.3 Å². The average molecular weight is 289 g/mol. The normalized spacial score (nSPS) is 19.6. The van der Waals surface area contributed by atoms with Crippen LogP contribution >= 0.6 is 11.3 Å². The highest BCUT2D eigenvalue weighted by atomic mass is 32.1. The maximum atomic E-state index is 5.90. The SMILES string of the molecule is NC(=NCc1csc2ccccc12)NCC1CCCO1. The predicted molar refractivity (Wildman–Crippen MR) is 84.1 cm³/mol. The van der Waals surface area contributed by atoms with E-state index in [0.29, 0.717) is 12.5 Å². The number of nitrogens with two attached hydrogens (primary N) is 1. The molecule has 1 saturated heterocycles. The molecule has 0 saturated carbocycles. The fraction of sp³-hybridized carbons (Fsp3) is 0.400. The Balaban J connectivity index is 1.58. The highest BCUT2D eigenvalue weighted by Gasteiger charge is 2.14. The number of hydrogen-bond acceptors (Lipinski definition) is 3. The van der Waals surface area contributed by atoms with Crippen molar-refractivity contribution in [3.8, 4) is 0 Å². The molecule has 1 atom stereocenters. The Morgan fingerprint density at radius 3 is 3.20 bits per heavy atom. The standard InChI is InChI=1S/C15H19N3OS/c16-15(18-9-12-4-3-7-19-12)17-8-11-10-20-14-6-2-1-5-13(11)14/h1-2,5-6,10,12H,3-4,7-9H2,(H3,16,17,18). The van der Waals surface area contributed by atoms with E-state index in [-0.39, 0.29) is 6.10 Å². The van der Waals surface area contributed by atoms with Gasteiger partial charge in [-0.1, -0.05) is 18.2 Å². The van der Waals surface area contributed by atoms with Gasteiger partial charge < -0.3 is 15.8 Å². The Hall–Kier alpha value is -1.59. The number of aliphatic imine (C=N–C) groups is 1. The smallest absolute Gasteiger partial charge is 0.189 e. The van der Waals surface area contributed by atoms with Crippen molar-refractivity contribution in [1.29, 1.82) is 0 Å². The molecule has 1 fully saturated rings. The Morgan fingerprint density at radius 2 is 2.35 bits per heavy atom. The fourth-order valence-electron chi connectivity index (χ4n) is 2.41. The number of nitrogens with one attached hydrogen (secondary N) is 1. The largest absolute Gasteiger partial charge is 0.376 e. The van der Waals surface area contributed by atoms with E-state index in [0.717, 1.165) is 26.0 Å². The third-order valence-electron chi connectivity index (χ3n) is 3.52. The van der Waals surface area contributed by atoms with Crippen LogP contribution < -0.4 is 11.1 Å². The van der Waals surface area contributed by atoms with Gasteiger partial charge in [0, 0.05) is 17.9 Å². The molecule has 1 aliphatic rings. The third kappa shape index (κ3) is 3.11. The lowest BCUT2D eigenvalue weighted by Gasteiger charge is -2.10. The van der Waals surface area contributed by atoms with Crippen LogP contribution in [0.25, 0.3) is 10.1 Å². The first-order chi connectivity index (χ1) is 9.83. The summed E-state index contributed by atoms with van der Waals surface area (Å²) in [6.07, 6.45) is 2.53. The van der Waals surface area contributed by atoms with Crippen molar-refractivity contribution in [3.63, 3.8) is 0 Å². The lowest BCUT2D eigenvalue weighted by atomic mass is 10.2. The van der Waals surface area contributed by atoms with Gasteiger partial charge in [-0.15, -0.1) is 11.3 Å². The van der Waals surface area contributed by atoms with Crippen LogP contribution in [0.2, 0.25) is 0 Å². The molecule has 3 rings (SSSR count). The maximum absolute atomic E-state index is 5.90. The molecule has 0 aliphatic carbocycles. The van der Waals surface area contributed by atoms with Crippen molar-refractivity contribution in [1.82, 2.24) is 5.32 Å². The van der Waals surface area contributed by atoms with Crippen molar-refractivity contribution in [3.05, 3.63) is 35.2 Å². The quantitative estimate of drug-likeness (QED) is 0.671. The molecule has 3 N–H and O–H groups in total. The van der Waals surface area contributed by atoms with E-state index in [4.69, 9.17) is 10.5 Å². The monoisotopic (exact) mass is 289 g/mol. The Labute approximate surface area is 122 Å². The average Bonchev–Trinajstić information content (AvgIpc) is 3.12. The Morgan fingerprint density at radius 1 is 1.45 bits per heavy atom. The molecular weight excluding hydrogens is 270 g/mol. The van der Waals surface area contributed by atoms with Gasteiger partial charge in [0.05, 0.1) is 12.6 Å². The maximum Gasteiger partial charge on any atom is 0.189 e. The van der Waals surface area contributed by atoms with Gasteiger partial charge in [0.2, 0.25) is 0 Å². The van der Waals surface area contributed by atoms with Gasteiger partial charge in [-0.2, -0.15) is 0 Å². The van der Waals surface area contributed by atoms with Crippen LogP contribution in [0.3, 0.4) is 0 Å². The molecule has 5 heteroatoms. The van der Waals surface area contributed by atoms with Gasteiger partial charge >= 0.3 is 0 Å². The van der Waals surface area contributed by atoms with Crippen LogP contribution in [0, 0.1) is 0 Å². The van der Waals surface area contributed by atoms with Crippen molar-refractivity contribution in [2.75, 3.05) is 13.2 Å². The van der Waals surface area contributed by atoms with Gasteiger partial charge in [-0.05, 0) is 35.2 Å². The lowest BCUT2D eigenvalue weighted by Crippen LogP contribution is -2.37. The molecule has 1 aromatic carbocycles. The summed E-state index contributed by atoms with van der Waals surface area (Å²) in [7, 11) is 0. The molecule has 1 aromatic heterocycles. The van der Waals surface area contributed by atoms with Crippen molar-refractivity contribution >= 4 is 27.4 Å². The summed E-state index contributed by atoms with van der Waals surface area (Å²) in [6, 6.07) is 8.38. The molecular formula is C15H19N3OS. The number of rotatable bonds is 4. The lowest BCUT2D eigenvalue weighted by molar-refractivity contribution is 0.114. The molecule has 1 aliphatic heterocycles. The van der Waals surface area contributed by atoms with E-state index in [1.807, 2.05) is 0 Å². The van der Waals surface area contributed by atoms with Crippen LogP contribution in [0.1, 0.15) is 18.4 Å². The van der Waals surface area contributed by atoms with Gasteiger partial charge in [0.15, 0.2) is 5.96 Å². The second-order valence-electron chi connectivity index (χ2n) is 4.97. The second kappa shape index (κ2) is 6.24. The highest BCUT2D eigenvalue weighted by molar-refractivity contribution is 7.17. The molecule has 4 nitrogen and oxygen atoms in total. The van der Waals surface area contributed by atoms with Gasteiger partial charge in [-0.25, -0.2) is 4.99 Å². The van der Waals surface area contributed by atoms with E-state index in [2.05, 4.69) is 40.0 Å². The molecule has 1 unspecified atom stereocenters. The number of hydrogen-bond donors (Lipinski definition) is 2. The summed E-state index contributed by atoms with van der Waals surface area (Å²) < 4.78 is 6.83. The summed E-state index contributed by atoms with van der Waals surface area (Å²) in [4.78, 5) is 4.41. The number of fused-ring (bicyclic) bond motifs is 1. The summed E-state index contributed by atoms with van der Waals surface area (Å²) >= 11 is 1.75. The van der Waals surface area contributed by atoms with Gasteiger partial charge in [0.25, 0.3) is 0 Å². The summed E-state index contributed by atoms with van der Waals surface area (Å²) in [5.74, 6) is 0.496. The van der Waals surface area contributed by atoms with Crippen LogP contribution in [-0.2, 0) is 11.3 Å². The van der Waals surface area contributed by atoms with E-state index in [9.17, 15) is 0 Å². The Kier molecular flexibility index (Phi) is 4.18. The molecule has 0 amide bonds. The van der Waals surface area contributed by atoms with Crippen molar-refractivity contribution in [2.45, 2.75) is 25.5 Å². The minimum atomic E-state index is 0.283. The molecule has 2 heterocycles. The molecule has 2 aromatic rings. The molecule has 0 radical (unpaired) electrons. The second-order valence-corrected chi connectivity index (χ2v) is 5.89. The molecule has 0 spiro atoms. The van der Waals surface area contributed by atoms with E-state index >= 15 is 0 Å². The minimum absolute atomic E-state index is 0.283. The van der Waals surface area contributed by atoms with Crippen LogP contribution in [0.4, 0.5) is 0 Å². The summed E-state index contributed by atoms with van der Waals surface area (Å²) in [5.41, 5.74) is 7.13. The summed E-state index contributed by atoms with van der Waals surface area (Å²) in [5, 5.41) is 6.57. The highest BCUT2D eigenvalue weighted by Crippen LogP contribution is 2.25. The van der Waals surface area contributed by atoms with Crippen molar-refractivity contribution in [2.24, 2.45) is 10.7 Å². The number of ether oxygens (including phenoxy) is 1. The zero-order valence-corrected chi connectivity index (χ0v) is 12.2. The molecule has 20 heavy (non-hydrogen) atoms. The summed E-state index contributed by atoms with van der Waals surface area (Å²) in [6.45, 7) is 2.23. The number of thiophene rings is 1. The number of nitrogens with zero attached hydrogens (tertiary/aromatic N) is 1. The van der Waals surface area contributed by atoms with Crippen LogP contribution in [-0.4, -0.2) is 25.2 Å². The third-order valence-corrected chi connectivity index (χ3v) is 4.53. The zero-order valence-electron chi connectivity index (χ0n) is 11.3. The van der Waals surface area contributed by atoms with Crippen LogP contribution in [0.15, 0.2) is 34.6 Å². The first-order valence-electron chi connectivity index (χ1n) is 6.93. The van der Waals surface area contributed by atoms with Gasteiger partial charge in [0.1, 0.15) is 0 Å². The molecule has 106 valence electrons. The number of guanidine groups is 1. The fourth-order valence-corrected chi connectivity index (χ4v) is 3.36. The van der Waals surface area contributed by atoms with Crippen molar-refractivity contribution < 1.29 is 4.74 Å². The Bertz CT molecular complexity index is 602. The predicted octanol–water partition coefficient (Wildman–Crippen LogP) is 2.48. The van der Waals surface area contributed by atoms with E-state index < -0.39 is 0 Å². The number of benzene rings is 1. The first-order valence-corrected chi connectivity index (χ1v) is 7.81. The topological polar surface area (TPSA) is 59.6 Å². The molecule has 0 bridgehead atoms. The minimum Gasteiger partial charge on any atom is -0.376 e. The zero-order chi connectivity index (χ0) is 13.8. The van der Waals surface area contributed by atoms with Crippen LogP contribution in [0.5, 0.6) is 0 Å². The van der Waals surface area contributed by atoms with E-state index in [1.165, 1.54) is 15.6 Å².